The van der Waals surface area contributed by atoms with Crippen molar-refractivity contribution in [1.29, 1.82) is 0 Å². The van der Waals surface area contributed by atoms with Crippen molar-refractivity contribution in [3.8, 4) is 0 Å². The molecule has 1 aromatic carbocycles. The van der Waals surface area contributed by atoms with E-state index in [9.17, 15) is 4.79 Å². The summed E-state index contributed by atoms with van der Waals surface area (Å²) in [6.07, 6.45) is 4.90. The van der Waals surface area contributed by atoms with Crippen molar-refractivity contribution in [2.45, 2.75) is 13.3 Å². The molecule has 0 atom stereocenters. The molecule has 2 N–H and O–H groups in total. The van der Waals surface area contributed by atoms with Gasteiger partial charge in [-0.25, -0.2) is 4.79 Å². The molecule has 0 fully saturated rings. The predicted molar refractivity (Wildman–Crippen MR) is 65.2 cm³/mol. The van der Waals surface area contributed by atoms with E-state index < -0.39 is 0 Å². The number of esters is 1. The zero-order valence-electron chi connectivity index (χ0n) is 9.69. The molecule has 3 heteroatoms. The Morgan fingerprint density at radius 2 is 2.25 bits per heavy atom. The fourth-order valence-electron chi connectivity index (χ4n) is 1.41. The van der Waals surface area contributed by atoms with Crippen LogP contribution in [-0.4, -0.2) is 19.6 Å². The van der Waals surface area contributed by atoms with Gasteiger partial charge in [0.15, 0.2) is 0 Å². The molecule has 0 spiro atoms. The van der Waals surface area contributed by atoms with Crippen LogP contribution >= 0.6 is 0 Å². The normalized spacial score (nSPS) is 10.7. The number of hydrogen-bond donors (Lipinski definition) is 1. The predicted octanol–water partition coefficient (Wildman–Crippen LogP) is 2.14. The molecule has 3 nitrogen and oxygen atoms in total. The van der Waals surface area contributed by atoms with E-state index in [1.165, 1.54) is 7.11 Å². The first kappa shape index (κ1) is 12.5. The lowest BCUT2D eigenvalue weighted by atomic mass is 10.0. The SMILES string of the molecule is COC(=O)c1ccc(C=CCCN)c(C)c1. The lowest BCUT2D eigenvalue weighted by Crippen LogP contribution is -2.01. The molecule has 0 unspecified atom stereocenters. The van der Waals surface area contributed by atoms with Gasteiger partial charge >= 0.3 is 5.97 Å². The number of ether oxygens (including phenoxy) is 1. The summed E-state index contributed by atoms with van der Waals surface area (Å²) in [6, 6.07) is 5.50. The molecule has 0 bridgehead atoms. The van der Waals surface area contributed by atoms with E-state index in [1.807, 2.05) is 31.2 Å². The molecular formula is C13H17NO2. The second-order valence-electron chi connectivity index (χ2n) is 3.54. The average Bonchev–Trinajstić information content (AvgIpc) is 2.30. The average molecular weight is 219 g/mol. The molecule has 0 radical (unpaired) electrons. The summed E-state index contributed by atoms with van der Waals surface area (Å²) in [7, 11) is 1.38. The summed E-state index contributed by atoms with van der Waals surface area (Å²) in [5.74, 6) is -0.305. The van der Waals surface area contributed by atoms with Crippen LogP contribution in [-0.2, 0) is 4.74 Å². The Balaban J connectivity index is 2.87. The van der Waals surface area contributed by atoms with E-state index in [0.29, 0.717) is 12.1 Å². The molecule has 1 rings (SSSR count). The standard InChI is InChI=1S/C13H17NO2/c1-10-9-12(13(15)16-2)7-6-11(10)5-3-4-8-14/h3,5-7,9H,4,8,14H2,1-2H3. The van der Waals surface area contributed by atoms with E-state index in [-0.39, 0.29) is 5.97 Å². The van der Waals surface area contributed by atoms with Crippen LogP contribution in [0.4, 0.5) is 0 Å². The van der Waals surface area contributed by atoms with Crippen LogP contribution < -0.4 is 5.73 Å². The minimum atomic E-state index is -0.305. The maximum Gasteiger partial charge on any atom is 0.337 e. The van der Waals surface area contributed by atoms with Crippen LogP contribution in [0.5, 0.6) is 0 Å². The van der Waals surface area contributed by atoms with Crippen LogP contribution in [0.15, 0.2) is 24.3 Å². The van der Waals surface area contributed by atoms with E-state index in [2.05, 4.69) is 4.74 Å². The van der Waals surface area contributed by atoms with Crippen LogP contribution in [0.25, 0.3) is 6.08 Å². The quantitative estimate of drug-likeness (QED) is 0.789. The van der Waals surface area contributed by atoms with Crippen molar-refractivity contribution < 1.29 is 9.53 Å². The Morgan fingerprint density at radius 3 is 2.81 bits per heavy atom. The fourth-order valence-corrected chi connectivity index (χ4v) is 1.41. The van der Waals surface area contributed by atoms with Gasteiger partial charge in [0.2, 0.25) is 0 Å². The van der Waals surface area contributed by atoms with Crippen molar-refractivity contribution in [1.82, 2.24) is 0 Å². The molecule has 0 heterocycles. The van der Waals surface area contributed by atoms with Crippen molar-refractivity contribution in [3.63, 3.8) is 0 Å². The summed E-state index contributed by atoms with van der Waals surface area (Å²) in [4.78, 5) is 11.3. The maximum absolute atomic E-state index is 11.3. The second kappa shape index (κ2) is 6.08. The Hall–Kier alpha value is -1.61. The monoisotopic (exact) mass is 219 g/mol. The third kappa shape index (κ3) is 3.21. The highest BCUT2D eigenvalue weighted by Gasteiger charge is 2.05. The Morgan fingerprint density at radius 1 is 1.50 bits per heavy atom. The van der Waals surface area contributed by atoms with E-state index in [0.717, 1.165) is 17.5 Å². The molecule has 0 aromatic heterocycles. The summed E-state index contributed by atoms with van der Waals surface area (Å²) in [5.41, 5.74) is 8.13. The number of carbonyl (C=O) groups is 1. The zero-order valence-corrected chi connectivity index (χ0v) is 9.69. The number of benzene rings is 1. The highest BCUT2D eigenvalue weighted by atomic mass is 16.5. The van der Waals surface area contributed by atoms with Gasteiger partial charge in [-0.15, -0.1) is 0 Å². The highest BCUT2D eigenvalue weighted by molar-refractivity contribution is 5.89. The highest BCUT2D eigenvalue weighted by Crippen LogP contribution is 2.13. The third-order valence-electron chi connectivity index (χ3n) is 2.32. The Labute approximate surface area is 95.9 Å². The molecule has 86 valence electrons. The third-order valence-corrected chi connectivity index (χ3v) is 2.32. The summed E-state index contributed by atoms with van der Waals surface area (Å²) in [6.45, 7) is 2.62. The Bertz CT molecular complexity index is 397. The molecule has 0 amide bonds. The Kier molecular flexibility index (Phi) is 4.73. The van der Waals surface area contributed by atoms with Gasteiger partial charge in [-0.2, -0.15) is 0 Å². The lowest BCUT2D eigenvalue weighted by molar-refractivity contribution is 0.0600. The van der Waals surface area contributed by atoms with Crippen molar-refractivity contribution in [2.75, 3.05) is 13.7 Å². The van der Waals surface area contributed by atoms with Gasteiger partial charge in [-0.05, 0) is 43.1 Å². The van der Waals surface area contributed by atoms with E-state index in [4.69, 9.17) is 5.73 Å². The van der Waals surface area contributed by atoms with Crippen molar-refractivity contribution in [2.24, 2.45) is 5.73 Å². The van der Waals surface area contributed by atoms with Gasteiger partial charge in [0.1, 0.15) is 0 Å². The minimum absolute atomic E-state index is 0.305. The summed E-state index contributed by atoms with van der Waals surface area (Å²) >= 11 is 0. The van der Waals surface area contributed by atoms with Crippen LogP contribution in [0.3, 0.4) is 0 Å². The largest absolute Gasteiger partial charge is 0.465 e. The first-order chi connectivity index (χ1) is 7.69. The minimum Gasteiger partial charge on any atom is -0.465 e. The van der Waals surface area contributed by atoms with Crippen LogP contribution in [0, 0.1) is 6.92 Å². The maximum atomic E-state index is 11.3. The summed E-state index contributed by atoms with van der Waals surface area (Å²) < 4.78 is 4.66. The van der Waals surface area contributed by atoms with E-state index >= 15 is 0 Å². The topological polar surface area (TPSA) is 52.3 Å². The van der Waals surface area contributed by atoms with Gasteiger partial charge < -0.3 is 10.5 Å². The molecule has 0 aliphatic rings. The number of nitrogens with two attached hydrogens (primary N) is 1. The van der Waals surface area contributed by atoms with Crippen molar-refractivity contribution >= 4 is 12.0 Å². The van der Waals surface area contributed by atoms with Gasteiger partial charge in [-0.3, -0.25) is 0 Å². The fraction of sp³-hybridized carbons (Fsp3) is 0.308. The smallest absolute Gasteiger partial charge is 0.337 e. The molecule has 0 aliphatic carbocycles. The zero-order chi connectivity index (χ0) is 12.0. The van der Waals surface area contributed by atoms with Gasteiger partial charge in [0.25, 0.3) is 0 Å². The molecule has 1 aromatic rings. The molecule has 16 heavy (non-hydrogen) atoms. The van der Waals surface area contributed by atoms with Crippen LogP contribution in [0.1, 0.15) is 27.9 Å². The first-order valence-corrected chi connectivity index (χ1v) is 5.24. The van der Waals surface area contributed by atoms with Gasteiger partial charge in [-0.1, -0.05) is 18.2 Å². The van der Waals surface area contributed by atoms with E-state index in [1.54, 1.807) is 6.07 Å². The number of hydrogen-bond acceptors (Lipinski definition) is 3. The van der Waals surface area contributed by atoms with Gasteiger partial charge in [0.05, 0.1) is 12.7 Å². The first-order valence-electron chi connectivity index (χ1n) is 5.24. The molecule has 0 saturated heterocycles. The number of methoxy groups -OCH3 is 1. The molecular weight excluding hydrogens is 202 g/mol. The van der Waals surface area contributed by atoms with Crippen molar-refractivity contribution in [3.05, 3.63) is 41.0 Å². The molecule has 0 aliphatic heterocycles. The molecule has 0 saturated carbocycles. The number of carbonyl (C=O) groups excluding carboxylic acids is 1. The number of aryl methyl sites for hydroxylation is 1. The lowest BCUT2D eigenvalue weighted by Gasteiger charge is -2.03. The van der Waals surface area contributed by atoms with Gasteiger partial charge in [0, 0.05) is 0 Å². The number of rotatable bonds is 4. The van der Waals surface area contributed by atoms with Crippen LogP contribution in [0.2, 0.25) is 0 Å². The second-order valence-corrected chi connectivity index (χ2v) is 3.54. The summed E-state index contributed by atoms with van der Waals surface area (Å²) in [5, 5.41) is 0.